The summed E-state index contributed by atoms with van der Waals surface area (Å²) in [5, 5.41) is 0. The van der Waals surface area contributed by atoms with Gasteiger partial charge in [-0.2, -0.15) is 0 Å². The number of rotatable bonds is 2. The van der Waals surface area contributed by atoms with Crippen molar-refractivity contribution >= 4 is 5.97 Å². The van der Waals surface area contributed by atoms with Crippen LogP contribution in [0.2, 0.25) is 0 Å². The maximum Gasteiger partial charge on any atom is 0.337 e. The molecule has 2 rings (SSSR count). The van der Waals surface area contributed by atoms with Crippen molar-refractivity contribution in [1.29, 1.82) is 0 Å². The number of methoxy groups -OCH3 is 1. The van der Waals surface area contributed by atoms with Gasteiger partial charge in [0.25, 0.3) is 0 Å². The molecular formula is C22H24O3. The van der Waals surface area contributed by atoms with E-state index in [1.54, 1.807) is 24.3 Å². The van der Waals surface area contributed by atoms with Crippen LogP contribution in [0.4, 0.5) is 0 Å². The van der Waals surface area contributed by atoms with Gasteiger partial charge in [0.15, 0.2) is 0 Å². The monoisotopic (exact) mass is 336 g/mol. The van der Waals surface area contributed by atoms with Gasteiger partial charge in [0.1, 0.15) is 11.4 Å². The van der Waals surface area contributed by atoms with Crippen LogP contribution in [0.5, 0.6) is 5.75 Å². The van der Waals surface area contributed by atoms with Crippen LogP contribution in [-0.4, -0.2) is 18.7 Å². The fourth-order valence-electron chi connectivity index (χ4n) is 1.91. The Bertz CT molecular complexity index is 739. The molecule has 0 heterocycles. The zero-order chi connectivity index (χ0) is 18.9. The first-order valence-electron chi connectivity index (χ1n) is 7.87. The Morgan fingerprint density at radius 2 is 1.32 bits per heavy atom. The Kier molecular flexibility index (Phi) is 7.49. The van der Waals surface area contributed by atoms with Crippen LogP contribution in [0.25, 0.3) is 0 Å². The van der Waals surface area contributed by atoms with E-state index in [-0.39, 0.29) is 11.6 Å². The van der Waals surface area contributed by atoms with E-state index >= 15 is 0 Å². The summed E-state index contributed by atoms with van der Waals surface area (Å²) in [4.78, 5) is 11.4. The molecule has 0 fully saturated rings. The first-order chi connectivity index (χ1) is 11.9. The van der Waals surface area contributed by atoms with Gasteiger partial charge in [0.05, 0.1) is 12.7 Å². The summed E-state index contributed by atoms with van der Waals surface area (Å²) >= 11 is 0. The summed E-state index contributed by atoms with van der Waals surface area (Å²) in [5.41, 5.74) is 2.05. The molecule has 0 spiro atoms. The van der Waals surface area contributed by atoms with E-state index in [4.69, 9.17) is 4.74 Å². The fraction of sp³-hybridized carbons (Fsp3) is 0.227. The van der Waals surface area contributed by atoms with Crippen LogP contribution in [-0.2, 0) is 4.74 Å². The lowest BCUT2D eigenvalue weighted by Crippen LogP contribution is -2.22. The molecule has 0 aliphatic rings. The van der Waals surface area contributed by atoms with Crippen molar-refractivity contribution < 1.29 is 14.3 Å². The Labute approximate surface area is 150 Å². The molecule has 2 aromatic carbocycles. The van der Waals surface area contributed by atoms with E-state index < -0.39 is 0 Å². The zero-order valence-corrected chi connectivity index (χ0v) is 15.3. The summed E-state index contributed by atoms with van der Waals surface area (Å²) in [6.45, 7) is 12.0. The number of hydrogen-bond acceptors (Lipinski definition) is 3. The minimum absolute atomic E-state index is 0.214. The summed E-state index contributed by atoms with van der Waals surface area (Å²) in [7, 11) is 1.36. The predicted octanol–water partition coefficient (Wildman–Crippen LogP) is 4.85. The van der Waals surface area contributed by atoms with Crippen molar-refractivity contribution in [2.45, 2.75) is 26.4 Å². The molecule has 0 bridgehead atoms. The number of carbonyl (C=O) groups excluding carboxylic acids is 1. The molecule has 3 nitrogen and oxygen atoms in total. The second-order valence-electron chi connectivity index (χ2n) is 6.06. The molecule has 0 saturated heterocycles. The molecule has 3 heteroatoms. The topological polar surface area (TPSA) is 35.5 Å². The van der Waals surface area contributed by atoms with E-state index in [9.17, 15) is 4.79 Å². The lowest BCUT2D eigenvalue weighted by atomic mass is 10.1. The average Bonchev–Trinajstić information content (AvgIpc) is 2.61. The Hall–Kier alpha value is -2.99. The molecule has 0 amide bonds. The summed E-state index contributed by atoms with van der Waals surface area (Å²) in [6, 6.07) is 14.7. The molecule has 0 aliphatic carbocycles. The Balaban J connectivity index is 0.00000151. The van der Waals surface area contributed by atoms with Crippen molar-refractivity contribution in [3.63, 3.8) is 0 Å². The molecule has 0 radical (unpaired) electrons. The SMILES string of the molecule is C=C.COC(=O)c1ccc(C#Cc2ccc(OC(C)(C)C)cc2)cc1. The van der Waals surface area contributed by atoms with Crippen LogP contribution in [0.1, 0.15) is 42.3 Å². The zero-order valence-electron chi connectivity index (χ0n) is 15.3. The molecule has 0 aromatic heterocycles. The van der Waals surface area contributed by atoms with Gasteiger partial charge < -0.3 is 9.47 Å². The Morgan fingerprint density at radius 1 is 0.880 bits per heavy atom. The van der Waals surface area contributed by atoms with Crippen molar-refractivity contribution in [2.75, 3.05) is 7.11 Å². The normalized spacial score (nSPS) is 9.76. The van der Waals surface area contributed by atoms with Crippen molar-refractivity contribution in [3.05, 3.63) is 78.4 Å². The van der Waals surface area contributed by atoms with E-state index in [1.807, 2.05) is 45.0 Å². The third-order valence-electron chi connectivity index (χ3n) is 2.94. The molecule has 0 unspecified atom stereocenters. The summed E-state index contributed by atoms with van der Waals surface area (Å²) in [5.74, 6) is 6.64. The third kappa shape index (κ3) is 6.97. The molecule has 0 saturated carbocycles. The molecule has 25 heavy (non-hydrogen) atoms. The maximum atomic E-state index is 11.4. The predicted molar refractivity (Wildman–Crippen MR) is 102 cm³/mol. The Morgan fingerprint density at radius 3 is 1.72 bits per heavy atom. The summed E-state index contributed by atoms with van der Waals surface area (Å²) < 4.78 is 10.4. The average molecular weight is 336 g/mol. The highest BCUT2D eigenvalue weighted by molar-refractivity contribution is 5.89. The van der Waals surface area contributed by atoms with E-state index in [0.29, 0.717) is 5.56 Å². The first kappa shape index (κ1) is 20.1. The molecule has 130 valence electrons. The lowest BCUT2D eigenvalue weighted by Gasteiger charge is -2.21. The smallest absolute Gasteiger partial charge is 0.337 e. The van der Waals surface area contributed by atoms with Crippen LogP contribution >= 0.6 is 0 Å². The summed E-state index contributed by atoms with van der Waals surface area (Å²) in [6.07, 6.45) is 0. The van der Waals surface area contributed by atoms with Gasteiger partial charge in [-0.05, 0) is 69.3 Å². The number of ether oxygens (including phenoxy) is 2. The van der Waals surface area contributed by atoms with Gasteiger partial charge in [0, 0.05) is 11.1 Å². The van der Waals surface area contributed by atoms with Crippen LogP contribution in [0, 0.1) is 11.8 Å². The van der Waals surface area contributed by atoms with E-state index in [0.717, 1.165) is 16.9 Å². The largest absolute Gasteiger partial charge is 0.488 e. The molecule has 2 aromatic rings. The quantitative estimate of drug-likeness (QED) is 0.447. The second kappa shape index (κ2) is 9.34. The van der Waals surface area contributed by atoms with Gasteiger partial charge in [0.2, 0.25) is 0 Å². The first-order valence-corrected chi connectivity index (χ1v) is 7.87. The van der Waals surface area contributed by atoms with E-state index in [1.165, 1.54) is 7.11 Å². The van der Waals surface area contributed by atoms with Crippen LogP contribution in [0.15, 0.2) is 61.7 Å². The molecule has 0 atom stereocenters. The number of hydrogen-bond donors (Lipinski definition) is 0. The van der Waals surface area contributed by atoms with Crippen molar-refractivity contribution in [1.82, 2.24) is 0 Å². The van der Waals surface area contributed by atoms with Gasteiger partial charge >= 0.3 is 5.97 Å². The highest BCUT2D eigenvalue weighted by atomic mass is 16.5. The molecular weight excluding hydrogens is 312 g/mol. The number of carbonyl (C=O) groups is 1. The minimum Gasteiger partial charge on any atom is -0.488 e. The highest BCUT2D eigenvalue weighted by Crippen LogP contribution is 2.18. The van der Waals surface area contributed by atoms with Crippen molar-refractivity contribution in [3.8, 4) is 17.6 Å². The maximum absolute atomic E-state index is 11.4. The van der Waals surface area contributed by atoms with E-state index in [2.05, 4.69) is 29.7 Å². The van der Waals surface area contributed by atoms with Gasteiger partial charge in [-0.3, -0.25) is 0 Å². The van der Waals surface area contributed by atoms with Crippen LogP contribution < -0.4 is 4.74 Å². The second-order valence-corrected chi connectivity index (χ2v) is 6.06. The van der Waals surface area contributed by atoms with Gasteiger partial charge in [-0.15, -0.1) is 13.2 Å². The number of benzene rings is 2. The van der Waals surface area contributed by atoms with Crippen molar-refractivity contribution in [2.24, 2.45) is 0 Å². The minimum atomic E-state index is -0.348. The van der Waals surface area contributed by atoms with Gasteiger partial charge in [-0.25, -0.2) is 4.79 Å². The van der Waals surface area contributed by atoms with Gasteiger partial charge in [-0.1, -0.05) is 11.8 Å². The molecule has 0 N–H and O–H groups in total. The lowest BCUT2D eigenvalue weighted by molar-refractivity contribution is 0.0600. The molecule has 0 aliphatic heterocycles. The van der Waals surface area contributed by atoms with Crippen LogP contribution in [0.3, 0.4) is 0 Å². The highest BCUT2D eigenvalue weighted by Gasteiger charge is 2.11. The number of esters is 1. The standard InChI is InChI=1S/C20H20O3.C2H4/c1-20(2,3)23-18-13-9-16(10-14-18)6-5-15-7-11-17(12-8-15)19(21)22-4;1-2/h7-14H,1-4H3;1-2H2. The fourth-order valence-corrected chi connectivity index (χ4v) is 1.91. The third-order valence-corrected chi connectivity index (χ3v) is 2.94.